The fourth-order valence-electron chi connectivity index (χ4n) is 1.48. The Hall–Kier alpha value is -1.11. The molecule has 0 aliphatic rings. The van der Waals surface area contributed by atoms with Crippen molar-refractivity contribution in [1.82, 2.24) is 0 Å². The second kappa shape index (κ2) is 4.94. The Kier molecular flexibility index (Phi) is 3.87. The Morgan fingerprint density at radius 2 is 1.79 bits per heavy atom. The first-order chi connectivity index (χ1) is 6.66. The molecule has 0 fully saturated rings. The van der Waals surface area contributed by atoms with E-state index in [0.29, 0.717) is 5.92 Å². The van der Waals surface area contributed by atoms with Crippen LogP contribution < -0.4 is 0 Å². The molecule has 0 spiro atoms. The Bertz CT molecular complexity index is 289. The van der Waals surface area contributed by atoms with Crippen LogP contribution in [-0.2, 0) is 0 Å². The molecule has 76 valence electrons. The van der Waals surface area contributed by atoms with E-state index in [0.717, 1.165) is 12.0 Å². The van der Waals surface area contributed by atoms with Gasteiger partial charge in [-0.25, -0.2) is 0 Å². The molecule has 2 unspecified atom stereocenters. The second-order valence-electron chi connectivity index (χ2n) is 3.90. The molecule has 0 saturated heterocycles. The maximum Gasteiger partial charge on any atom is 0.165 e. The Labute approximate surface area is 86.1 Å². The van der Waals surface area contributed by atoms with E-state index in [1.165, 1.54) is 0 Å². The van der Waals surface area contributed by atoms with Gasteiger partial charge in [-0.15, -0.1) is 0 Å². The topological polar surface area (TPSA) is 17.1 Å². The molecule has 2 atom stereocenters. The first-order valence-corrected chi connectivity index (χ1v) is 5.26. The summed E-state index contributed by atoms with van der Waals surface area (Å²) < 4.78 is 0. The Morgan fingerprint density at radius 1 is 1.21 bits per heavy atom. The smallest absolute Gasteiger partial charge is 0.165 e. The third kappa shape index (κ3) is 2.44. The largest absolute Gasteiger partial charge is 0.294 e. The summed E-state index contributed by atoms with van der Waals surface area (Å²) in [7, 11) is 0. The van der Waals surface area contributed by atoms with E-state index >= 15 is 0 Å². The normalized spacial score (nSPS) is 14.8. The maximum absolute atomic E-state index is 11.9. The number of ketones is 1. The fourth-order valence-corrected chi connectivity index (χ4v) is 1.48. The number of benzene rings is 1. The van der Waals surface area contributed by atoms with E-state index in [-0.39, 0.29) is 11.7 Å². The maximum atomic E-state index is 11.9. The average molecular weight is 190 g/mol. The van der Waals surface area contributed by atoms with Gasteiger partial charge in [-0.1, -0.05) is 57.5 Å². The van der Waals surface area contributed by atoms with Gasteiger partial charge >= 0.3 is 0 Å². The van der Waals surface area contributed by atoms with Crippen LogP contribution in [0.4, 0.5) is 0 Å². The zero-order valence-electron chi connectivity index (χ0n) is 9.16. The second-order valence-corrected chi connectivity index (χ2v) is 3.90. The van der Waals surface area contributed by atoms with Gasteiger partial charge in [-0.05, 0) is 5.92 Å². The van der Waals surface area contributed by atoms with Gasteiger partial charge in [0.15, 0.2) is 5.78 Å². The van der Waals surface area contributed by atoms with E-state index in [1.807, 2.05) is 37.3 Å². The lowest BCUT2D eigenvalue weighted by atomic mass is 9.87. The monoisotopic (exact) mass is 190 g/mol. The van der Waals surface area contributed by atoms with Gasteiger partial charge in [0.25, 0.3) is 0 Å². The number of Topliss-reactive ketones (excluding diaryl/α,β-unsaturated/α-hetero) is 1. The Balaban J connectivity index is 2.76. The van der Waals surface area contributed by atoms with E-state index in [4.69, 9.17) is 0 Å². The van der Waals surface area contributed by atoms with E-state index in [1.54, 1.807) is 0 Å². The number of hydrogen-bond donors (Lipinski definition) is 0. The molecule has 1 rings (SSSR count). The summed E-state index contributed by atoms with van der Waals surface area (Å²) in [5.74, 6) is 0.852. The van der Waals surface area contributed by atoms with Crippen LogP contribution >= 0.6 is 0 Å². The van der Waals surface area contributed by atoms with Crippen molar-refractivity contribution >= 4 is 5.78 Å². The van der Waals surface area contributed by atoms with E-state index in [9.17, 15) is 4.79 Å². The lowest BCUT2D eigenvalue weighted by Crippen LogP contribution is -2.18. The van der Waals surface area contributed by atoms with Crippen molar-refractivity contribution < 1.29 is 4.79 Å². The van der Waals surface area contributed by atoms with Crippen LogP contribution in [-0.4, -0.2) is 5.78 Å². The van der Waals surface area contributed by atoms with Crippen LogP contribution in [0.1, 0.15) is 37.6 Å². The first-order valence-electron chi connectivity index (χ1n) is 5.26. The average Bonchev–Trinajstić information content (AvgIpc) is 2.27. The van der Waals surface area contributed by atoms with Gasteiger partial charge < -0.3 is 0 Å². The van der Waals surface area contributed by atoms with Crippen molar-refractivity contribution in [3.8, 4) is 0 Å². The molecule has 0 aliphatic heterocycles. The molecule has 0 aliphatic carbocycles. The molecular weight excluding hydrogens is 172 g/mol. The number of carbonyl (C=O) groups is 1. The number of hydrogen-bond acceptors (Lipinski definition) is 1. The fraction of sp³-hybridized carbons (Fsp3) is 0.462. The summed E-state index contributed by atoms with van der Waals surface area (Å²) in [6.07, 6.45) is 1.06. The summed E-state index contributed by atoms with van der Waals surface area (Å²) in [6, 6.07) is 9.54. The van der Waals surface area contributed by atoms with Crippen LogP contribution in [0, 0.1) is 11.8 Å². The first kappa shape index (κ1) is 11.0. The van der Waals surface area contributed by atoms with Crippen molar-refractivity contribution in [2.75, 3.05) is 0 Å². The molecule has 1 aromatic carbocycles. The predicted octanol–water partition coefficient (Wildman–Crippen LogP) is 3.55. The summed E-state index contributed by atoms with van der Waals surface area (Å²) in [5, 5.41) is 0. The minimum absolute atomic E-state index is 0.127. The molecule has 0 aromatic heterocycles. The van der Waals surface area contributed by atoms with Gasteiger partial charge in [0, 0.05) is 11.5 Å². The van der Waals surface area contributed by atoms with E-state index < -0.39 is 0 Å². The van der Waals surface area contributed by atoms with Crippen LogP contribution in [0.15, 0.2) is 30.3 Å². The molecule has 0 amide bonds. The predicted molar refractivity (Wildman–Crippen MR) is 59.4 cm³/mol. The molecule has 1 nitrogen and oxygen atoms in total. The minimum Gasteiger partial charge on any atom is -0.294 e. The summed E-state index contributed by atoms with van der Waals surface area (Å²) in [5.41, 5.74) is 0.834. The van der Waals surface area contributed by atoms with Gasteiger partial charge in [0.2, 0.25) is 0 Å². The van der Waals surface area contributed by atoms with Gasteiger partial charge in [0.05, 0.1) is 0 Å². The quantitative estimate of drug-likeness (QED) is 0.663. The molecule has 1 aromatic rings. The minimum atomic E-state index is 0.127. The van der Waals surface area contributed by atoms with Gasteiger partial charge in [0.1, 0.15) is 0 Å². The molecule has 14 heavy (non-hydrogen) atoms. The Morgan fingerprint density at radius 3 is 2.29 bits per heavy atom. The summed E-state index contributed by atoms with van der Waals surface area (Å²) in [4.78, 5) is 11.9. The zero-order valence-corrected chi connectivity index (χ0v) is 9.16. The summed E-state index contributed by atoms with van der Waals surface area (Å²) >= 11 is 0. The van der Waals surface area contributed by atoms with Crippen LogP contribution in [0.2, 0.25) is 0 Å². The summed E-state index contributed by atoms with van der Waals surface area (Å²) in [6.45, 7) is 6.27. The highest BCUT2D eigenvalue weighted by Gasteiger charge is 2.19. The highest BCUT2D eigenvalue weighted by molar-refractivity contribution is 5.97. The molecular formula is C13H18O. The standard InChI is InChI=1S/C13H18O/c1-4-10(2)11(3)13(14)12-8-6-5-7-9-12/h5-11H,4H2,1-3H3. The molecule has 0 heterocycles. The van der Waals surface area contributed by atoms with E-state index in [2.05, 4.69) is 13.8 Å². The molecule has 1 heteroatoms. The van der Waals surface area contributed by atoms with Crippen LogP contribution in [0.5, 0.6) is 0 Å². The SMILES string of the molecule is CCC(C)C(C)C(=O)c1ccccc1. The highest BCUT2D eigenvalue weighted by Crippen LogP contribution is 2.19. The number of carbonyl (C=O) groups excluding carboxylic acids is 1. The zero-order chi connectivity index (χ0) is 10.6. The number of rotatable bonds is 4. The van der Waals surface area contributed by atoms with Crippen molar-refractivity contribution in [2.45, 2.75) is 27.2 Å². The molecule has 0 N–H and O–H groups in total. The van der Waals surface area contributed by atoms with Gasteiger partial charge in [-0.3, -0.25) is 4.79 Å². The third-order valence-corrected chi connectivity index (χ3v) is 2.97. The van der Waals surface area contributed by atoms with Crippen LogP contribution in [0.3, 0.4) is 0 Å². The lowest BCUT2D eigenvalue weighted by molar-refractivity contribution is 0.0891. The molecule has 0 bridgehead atoms. The molecule has 0 radical (unpaired) electrons. The van der Waals surface area contributed by atoms with Gasteiger partial charge in [-0.2, -0.15) is 0 Å². The van der Waals surface area contributed by atoms with Crippen molar-refractivity contribution in [2.24, 2.45) is 11.8 Å². The highest BCUT2D eigenvalue weighted by atomic mass is 16.1. The van der Waals surface area contributed by atoms with Crippen molar-refractivity contribution in [1.29, 1.82) is 0 Å². The van der Waals surface area contributed by atoms with Crippen LogP contribution in [0.25, 0.3) is 0 Å². The van der Waals surface area contributed by atoms with Crippen molar-refractivity contribution in [3.63, 3.8) is 0 Å². The van der Waals surface area contributed by atoms with Crippen molar-refractivity contribution in [3.05, 3.63) is 35.9 Å². The molecule has 0 saturated carbocycles. The lowest BCUT2D eigenvalue weighted by Gasteiger charge is -2.16. The third-order valence-electron chi connectivity index (χ3n) is 2.97.